The Kier molecular flexibility index (Phi) is 4.37. The van der Waals surface area contributed by atoms with E-state index < -0.39 is 5.82 Å². The van der Waals surface area contributed by atoms with Gasteiger partial charge in [-0.15, -0.1) is 0 Å². The summed E-state index contributed by atoms with van der Waals surface area (Å²) in [6.45, 7) is 1.23. The highest BCUT2D eigenvalue weighted by Crippen LogP contribution is 2.55. The first-order valence-electron chi connectivity index (χ1n) is 11.0. The average Bonchev–Trinajstić information content (AvgIpc) is 3.47. The summed E-state index contributed by atoms with van der Waals surface area (Å²) in [5.41, 5.74) is 3.27. The molecule has 1 amide bonds. The monoisotopic (exact) mass is 451 g/mol. The van der Waals surface area contributed by atoms with Gasteiger partial charge in [0.1, 0.15) is 11.6 Å². The van der Waals surface area contributed by atoms with E-state index in [1.807, 2.05) is 24.3 Å². The number of aromatic hydroxyl groups is 1. The third-order valence-corrected chi connectivity index (χ3v) is 7.47. The second-order valence-electron chi connectivity index (χ2n) is 9.55. The number of carbonyl (C=O) groups excluding carboxylic acids is 1. The second kappa shape index (κ2) is 7.07. The zero-order chi connectivity index (χ0) is 22.0. The predicted molar refractivity (Wildman–Crippen MR) is 119 cm³/mol. The summed E-state index contributed by atoms with van der Waals surface area (Å²) in [5.74, 6) is -0.494. The van der Waals surface area contributed by atoms with Crippen molar-refractivity contribution >= 4 is 17.5 Å². The van der Waals surface area contributed by atoms with Crippen molar-refractivity contribution in [3.63, 3.8) is 0 Å². The van der Waals surface area contributed by atoms with E-state index in [9.17, 15) is 14.3 Å². The lowest BCUT2D eigenvalue weighted by Gasteiger charge is -2.58. The minimum atomic E-state index is -0.600. The van der Waals surface area contributed by atoms with Crippen molar-refractivity contribution in [3.05, 3.63) is 70.6 Å². The number of hydrogen-bond donors (Lipinski definition) is 1. The van der Waals surface area contributed by atoms with Crippen LogP contribution >= 0.6 is 11.6 Å². The van der Waals surface area contributed by atoms with E-state index in [0.29, 0.717) is 25.0 Å². The third kappa shape index (κ3) is 3.20. The lowest BCUT2D eigenvalue weighted by atomic mass is 9.60. The SMILES string of the molecule is O=C(c1cc(O)ccc1F)N1CC2(CC(n3cc(C4CC4)c(-c4ccccc4Cl)n3)C2)C1. The zero-order valence-corrected chi connectivity index (χ0v) is 18.2. The van der Waals surface area contributed by atoms with Crippen molar-refractivity contribution in [2.24, 2.45) is 5.41 Å². The highest BCUT2D eigenvalue weighted by atomic mass is 35.5. The molecule has 2 aliphatic carbocycles. The molecule has 0 radical (unpaired) electrons. The molecular weight excluding hydrogens is 429 g/mol. The van der Waals surface area contributed by atoms with Crippen molar-refractivity contribution in [1.29, 1.82) is 0 Å². The van der Waals surface area contributed by atoms with Gasteiger partial charge in [-0.2, -0.15) is 5.10 Å². The molecule has 1 spiro atoms. The highest BCUT2D eigenvalue weighted by molar-refractivity contribution is 6.33. The molecule has 5 nitrogen and oxygen atoms in total. The molecule has 1 N–H and O–H groups in total. The van der Waals surface area contributed by atoms with E-state index in [-0.39, 0.29) is 22.6 Å². The van der Waals surface area contributed by atoms with Gasteiger partial charge in [0, 0.05) is 35.8 Å². The van der Waals surface area contributed by atoms with E-state index in [2.05, 4.69) is 10.9 Å². The number of hydrogen-bond acceptors (Lipinski definition) is 3. The maximum Gasteiger partial charge on any atom is 0.257 e. The maximum absolute atomic E-state index is 14.0. The molecule has 0 atom stereocenters. The number of nitrogens with zero attached hydrogens (tertiary/aromatic N) is 3. The molecule has 0 bridgehead atoms. The topological polar surface area (TPSA) is 58.4 Å². The van der Waals surface area contributed by atoms with Crippen LogP contribution in [0.15, 0.2) is 48.7 Å². The largest absolute Gasteiger partial charge is 0.508 e. The normalized spacial score (nSPS) is 19.6. The Morgan fingerprint density at radius 1 is 1.16 bits per heavy atom. The number of halogens is 2. The van der Waals surface area contributed by atoms with Gasteiger partial charge >= 0.3 is 0 Å². The molecule has 2 aromatic carbocycles. The number of aromatic nitrogens is 2. The number of phenolic OH excluding ortho intramolecular Hbond substituents is 1. The molecule has 3 aliphatic rings. The van der Waals surface area contributed by atoms with Crippen molar-refractivity contribution in [1.82, 2.24) is 14.7 Å². The summed E-state index contributed by atoms with van der Waals surface area (Å²) in [6.07, 6.45) is 6.48. The Morgan fingerprint density at radius 2 is 1.91 bits per heavy atom. The standard InChI is InChI=1S/C25H23ClFN3O2/c26-21-4-2-1-3-18(21)23-20(15-5-6-15)12-30(28-23)16-10-25(11-16)13-29(14-25)24(32)19-9-17(31)7-8-22(19)27/h1-4,7-9,12,15-16,31H,5-6,10-11,13-14H2. The smallest absolute Gasteiger partial charge is 0.257 e. The van der Waals surface area contributed by atoms with Crippen LogP contribution in [0.2, 0.25) is 5.02 Å². The van der Waals surface area contributed by atoms with E-state index >= 15 is 0 Å². The molecule has 2 saturated carbocycles. The Morgan fingerprint density at radius 3 is 2.62 bits per heavy atom. The zero-order valence-electron chi connectivity index (χ0n) is 17.5. The van der Waals surface area contributed by atoms with Crippen molar-refractivity contribution < 1.29 is 14.3 Å². The van der Waals surface area contributed by atoms with Gasteiger partial charge in [-0.05, 0) is 55.9 Å². The fourth-order valence-electron chi connectivity index (χ4n) is 5.29. The first-order chi connectivity index (χ1) is 15.4. The second-order valence-corrected chi connectivity index (χ2v) is 9.96. The van der Waals surface area contributed by atoms with E-state index in [0.717, 1.165) is 35.2 Å². The summed E-state index contributed by atoms with van der Waals surface area (Å²) in [4.78, 5) is 14.3. The first kappa shape index (κ1) is 19.8. The Bertz CT molecular complexity index is 1220. The van der Waals surface area contributed by atoms with Crippen LogP contribution in [-0.2, 0) is 0 Å². The molecule has 1 aliphatic heterocycles. The maximum atomic E-state index is 14.0. The van der Waals surface area contributed by atoms with Crippen LogP contribution < -0.4 is 0 Å². The van der Waals surface area contributed by atoms with Crippen LogP contribution in [-0.4, -0.2) is 38.8 Å². The summed E-state index contributed by atoms with van der Waals surface area (Å²) in [7, 11) is 0. The molecule has 0 unspecified atom stereocenters. The molecule has 6 rings (SSSR count). The van der Waals surface area contributed by atoms with Gasteiger partial charge in [0.25, 0.3) is 5.91 Å². The Balaban J connectivity index is 1.16. The van der Waals surface area contributed by atoms with E-state index in [1.54, 1.807) is 4.90 Å². The molecule has 7 heteroatoms. The molecule has 2 heterocycles. The quantitative estimate of drug-likeness (QED) is 0.577. The van der Waals surface area contributed by atoms with Gasteiger partial charge < -0.3 is 10.0 Å². The van der Waals surface area contributed by atoms with Crippen LogP contribution in [0.1, 0.15) is 53.6 Å². The van der Waals surface area contributed by atoms with Crippen LogP contribution in [0.25, 0.3) is 11.3 Å². The van der Waals surface area contributed by atoms with Crippen molar-refractivity contribution in [2.75, 3.05) is 13.1 Å². The molecule has 164 valence electrons. The van der Waals surface area contributed by atoms with E-state index in [4.69, 9.17) is 16.7 Å². The number of likely N-dealkylation sites (tertiary alicyclic amines) is 1. The predicted octanol–water partition coefficient (Wildman–Crippen LogP) is 5.40. The minimum absolute atomic E-state index is 0.0683. The van der Waals surface area contributed by atoms with Gasteiger partial charge in [-0.3, -0.25) is 9.48 Å². The molecule has 32 heavy (non-hydrogen) atoms. The Labute approximate surface area is 190 Å². The summed E-state index contributed by atoms with van der Waals surface area (Å²) >= 11 is 6.46. The molecule has 3 fully saturated rings. The van der Waals surface area contributed by atoms with E-state index in [1.165, 1.54) is 30.5 Å². The third-order valence-electron chi connectivity index (χ3n) is 7.14. The van der Waals surface area contributed by atoms with Crippen LogP contribution in [0, 0.1) is 11.2 Å². The average molecular weight is 452 g/mol. The minimum Gasteiger partial charge on any atom is -0.508 e. The van der Waals surface area contributed by atoms with Gasteiger partial charge in [0.2, 0.25) is 0 Å². The molecule has 1 aromatic heterocycles. The number of phenols is 1. The highest BCUT2D eigenvalue weighted by Gasteiger charge is 2.55. The first-order valence-corrected chi connectivity index (χ1v) is 11.4. The van der Waals surface area contributed by atoms with Gasteiger partial charge in [-0.1, -0.05) is 29.8 Å². The van der Waals surface area contributed by atoms with Crippen LogP contribution in [0.4, 0.5) is 4.39 Å². The van der Waals surface area contributed by atoms with Gasteiger partial charge in [-0.25, -0.2) is 4.39 Å². The van der Waals surface area contributed by atoms with Crippen molar-refractivity contribution in [3.8, 4) is 17.0 Å². The lowest BCUT2D eigenvalue weighted by Crippen LogP contribution is -2.63. The van der Waals surface area contributed by atoms with Crippen LogP contribution in [0.5, 0.6) is 5.75 Å². The molecule has 3 aromatic rings. The summed E-state index contributed by atoms with van der Waals surface area (Å²) < 4.78 is 16.1. The van der Waals surface area contributed by atoms with Crippen molar-refractivity contribution in [2.45, 2.75) is 37.6 Å². The van der Waals surface area contributed by atoms with Crippen LogP contribution in [0.3, 0.4) is 0 Å². The number of carbonyl (C=O) groups is 1. The van der Waals surface area contributed by atoms with Gasteiger partial charge in [0.05, 0.1) is 22.3 Å². The molecule has 1 saturated heterocycles. The molecular formula is C25H23ClFN3O2. The number of rotatable bonds is 4. The lowest BCUT2D eigenvalue weighted by molar-refractivity contribution is -0.0739. The summed E-state index contributed by atoms with van der Waals surface area (Å²) in [5, 5.41) is 15.3. The fourth-order valence-corrected chi connectivity index (χ4v) is 5.51. The fraction of sp³-hybridized carbons (Fsp3) is 0.360. The summed E-state index contributed by atoms with van der Waals surface area (Å²) in [6, 6.07) is 11.7. The Hall–Kier alpha value is -2.86. The number of amides is 1. The van der Waals surface area contributed by atoms with Gasteiger partial charge in [0.15, 0.2) is 0 Å². The number of benzene rings is 2.